The van der Waals surface area contributed by atoms with Crippen molar-refractivity contribution in [3.63, 3.8) is 0 Å². The Morgan fingerprint density at radius 3 is 2.48 bits per heavy atom. The summed E-state index contributed by atoms with van der Waals surface area (Å²) < 4.78 is 9.82. The number of ether oxygens (including phenoxy) is 2. The number of hydrogen-bond acceptors (Lipinski definition) is 5. The summed E-state index contributed by atoms with van der Waals surface area (Å²) in [6.07, 6.45) is 6.52. The fraction of sp³-hybridized carbons (Fsp3) is 0.706. The van der Waals surface area contributed by atoms with E-state index in [9.17, 15) is 4.79 Å². The number of nitrogens with zero attached hydrogens (tertiary/aromatic N) is 1. The van der Waals surface area contributed by atoms with E-state index in [1.54, 1.807) is 12.2 Å². The molecule has 3 rings (SSSR count). The van der Waals surface area contributed by atoms with Gasteiger partial charge in [0.2, 0.25) is 0 Å². The van der Waals surface area contributed by atoms with Gasteiger partial charge in [0, 0.05) is 36.2 Å². The highest BCUT2D eigenvalue weighted by atomic mass is 35.5. The van der Waals surface area contributed by atoms with Crippen LogP contribution in [0.25, 0.3) is 0 Å². The molecule has 0 spiro atoms. The molecule has 2 heterocycles. The van der Waals surface area contributed by atoms with Gasteiger partial charge in [-0.05, 0) is 32.0 Å². The molecule has 23 heavy (non-hydrogen) atoms. The van der Waals surface area contributed by atoms with Gasteiger partial charge in [-0.15, -0.1) is 0 Å². The van der Waals surface area contributed by atoms with Gasteiger partial charge in [0.15, 0.2) is 0 Å². The topological polar surface area (TPSA) is 50.8 Å². The van der Waals surface area contributed by atoms with Gasteiger partial charge in [0.1, 0.15) is 0 Å². The molecule has 0 atom stereocenters. The lowest BCUT2D eigenvalue weighted by molar-refractivity contribution is -0.136. The summed E-state index contributed by atoms with van der Waals surface area (Å²) >= 11 is 5.61. The molecule has 0 amide bonds. The SMILES string of the molecule is C.C1CC(N2CCOCC2)CCN1.COC(=O)C1=CC=C(Cl)C1. The summed E-state index contributed by atoms with van der Waals surface area (Å²) in [5, 5.41) is 4.08. The fourth-order valence-corrected chi connectivity index (χ4v) is 3.08. The van der Waals surface area contributed by atoms with Crippen LogP contribution in [0.15, 0.2) is 22.8 Å². The molecular formula is C17H29ClN2O3. The van der Waals surface area contributed by atoms with Crippen LogP contribution in [0.5, 0.6) is 0 Å². The Hall–Kier alpha value is -0.880. The maximum absolute atomic E-state index is 10.8. The summed E-state index contributed by atoms with van der Waals surface area (Å²) in [6, 6.07) is 0.829. The van der Waals surface area contributed by atoms with Crippen LogP contribution in [0.4, 0.5) is 0 Å². The Bertz CT molecular complexity index is 410. The fourth-order valence-electron chi connectivity index (χ4n) is 2.88. The number of halogens is 1. The van der Waals surface area contributed by atoms with Gasteiger partial charge in [-0.25, -0.2) is 4.79 Å². The molecule has 2 saturated heterocycles. The zero-order valence-electron chi connectivity index (χ0n) is 13.1. The molecule has 5 nitrogen and oxygen atoms in total. The van der Waals surface area contributed by atoms with Crippen molar-refractivity contribution < 1.29 is 14.3 Å². The number of methoxy groups -OCH3 is 1. The van der Waals surface area contributed by atoms with E-state index in [0.29, 0.717) is 17.0 Å². The largest absolute Gasteiger partial charge is 0.466 e. The van der Waals surface area contributed by atoms with Gasteiger partial charge in [-0.3, -0.25) is 4.90 Å². The minimum absolute atomic E-state index is 0. The average molecular weight is 345 g/mol. The van der Waals surface area contributed by atoms with Crippen LogP contribution in [-0.2, 0) is 14.3 Å². The van der Waals surface area contributed by atoms with E-state index in [2.05, 4.69) is 15.0 Å². The van der Waals surface area contributed by atoms with E-state index in [1.165, 1.54) is 33.0 Å². The predicted octanol–water partition coefficient (Wildman–Crippen LogP) is 2.32. The van der Waals surface area contributed by atoms with Gasteiger partial charge >= 0.3 is 5.97 Å². The molecular weight excluding hydrogens is 316 g/mol. The van der Waals surface area contributed by atoms with Crippen LogP contribution in [-0.4, -0.2) is 63.4 Å². The maximum Gasteiger partial charge on any atom is 0.334 e. The highest BCUT2D eigenvalue weighted by molar-refractivity contribution is 6.30. The molecule has 1 N–H and O–H groups in total. The number of hydrogen-bond donors (Lipinski definition) is 1. The van der Waals surface area contributed by atoms with Crippen LogP contribution in [0, 0.1) is 0 Å². The Labute approximate surface area is 144 Å². The van der Waals surface area contributed by atoms with Crippen molar-refractivity contribution in [2.75, 3.05) is 46.5 Å². The second-order valence-corrected chi connectivity index (χ2v) is 6.09. The van der Waals surface area contributed by atoms with Crippen LogP contribution in [0.3, 0.4) is 0 Å². The number of nitrogens with one attached hydrogen (secondary N) is 1. The summed E-state index contributed by atoms with van der Waals surface area (Å²) in [5.41, 5.74) is 0.618. The molecule has 0 saturated carbocycles. The Kier molecular flexibility index (Phi) is 9.48. The third-order valence-corrected chi connectivity index (χ3v) is 4.40. The Balaban J connectivity index is 0.000000224. The number of piperidine rings is 1. The number of morpholine rings is 1. The maximum atomic E-state index is 10.8. The zero-order valence-corrected chi connectivity index (χ0v) is 13.9. The van der Waals surface area contributed by atoms with Gasteiger partial charge in [-0.1, -0.05) is 25.1 Å². The third kappa shape index (κ3) is 6.63. The lowest BCUT2D eigenvalue weighted by Gasteiger charge is -2.36. The number of esters is 1. The zero-order chi connectivity index (χ0) is 15.8. The number of carbonyl (C=O) groups is 1. The van der Waals surface area contributed by atoms with E-state index in [-0.39, 0.29) is 13.4 Å². The first-order chi connectivity index (χ1) is 10.7. The molecule has 2 fully saturated rings. The van der Waals surface area contributed by atoms with Crippen LogP contribution < -0.4 is 5.32 Å². The lowest BCUT2D eigenvalue weighted by atomic mass is 10.0. The molecule has 0 aromatic heterocycles. The Morgan fingerprint density at radius 2 is 1.96 bits per heavy atom. The van der Waals surface area contributed by atoms with Gasteiger partial charge in [0.25, 0.3) is 0 Å². The van der Waals surface area contributed by atoms with Crippen molar-refractivity contribution >= 4 is 17.6 Å². The third-order valence-electron chi connectivity index (χ3n) is 4.14. The second-order valence-electron chi connectivity index (χ2n) is 5.60. The highest BCUT2D eigenvalue weighted by Crippen LogP contribution is 2.22. The first kappa shape index (κ1) is 20.2. The molecule has 132 valence electrons. The molecule has 0 radical (unpaired) electrons. The molecule has 6 heteroatoms. The van der Waals surface area contributed by atoms with Crippen molar-refractivity contribution in [3.05, 3.63) is 22.8 Å². The molecule has 0 aromatic carbocycles. The van der Waals surface area contributed by atoms with E-state index in [4.69, 9.17) is 16.3 Å². The summed E-state index contributed by atoms with van der Waals surface area (Å²) in [4.78, 5) is 13.4. The van der Waals surface area contributed by atoms with Gasteiger partial charge in [-0.2, -0.15) is 0 Å². The number of carbonyl (C=O) groups excluding carboxylic acids is 1. The van der Waals surface area contributed by atoms with E-state index in [1.807, 2.05) is 0 Å². The quantitative estimate of drug-likeness (QED) is 0.779. The van der Waals surface area contributed by atoms with E-state index >= 15 is 0 Å². The van der Waals surface area contributed by atoms with E-state index in [0.717, 1.165) is 32.3 Å². The second kappa shape index (κ2) is 10.8. The molecule has 2 aliphatic heterocycles. The standard InChI is InChI=1S/C9H18N2O.C7H7ClO2.CH4/c1-3-10-4-2-9(1)11-5-7-12-8-6-11;1-10-7(9)5-2-3-6(8)4-5;/h9-10H,1-8H2;2-3H,4H2,1H3;1H4. The monoisotopic (exact) mass is 344 g/mol. The van der Waals surface area contributed by atoms with Crippen molar-refractivity contribution in [3.8, 4) is 0 Å². The normalized spacial score (nSPS) is 22.2. The summed E-state index contributed by atoms with van der Waals surface area (Å²) in [7, 11) is 1.36. The molecule has 0 bridgehead atoms. The summed E-state index contributed by atoms with van der Waals surface area (Å²) in [6.45, 7) is 6.55. The van der Waals surface area contributed by atoms with Crippen molar-refractivity contribution in [2.24, 2.45) is 0 Å². The van der Waals surface area contributed by atoms with Crippen LogP contribution >= 0.6 is 11.6 Å². The molecule has 1 aliphatic carbocycles. The first-order valence-corrected chi connectivity index (χ1v) is 8.24. The molecule has 0 unspecified atom stereocenters. The average Bonchev–Trinajstić information content (AvgIpc) is 3.03. The van der Waals surface area contributed by atoms with Gasteiger partial charge in [0.05, 0.1) is 20.3 Å². The van der Waals surface area contributed by atoms with Crippen LogP contribution in [0.2, 0.25) is 0 Å². The smallest absolute Gasteiger partial charge is 0.334 e. The summed E-state index contributed by atoms with van der Waals surface area (Å²) in [5.74, 6) is -0.299. The number of allylic oxidation sites excluding steroid dienone is 3. The predicted molar refractivity (Wildman–Crippen MR) is 93.7 cm³/mol. The minimum atomic E-state index is -0.299. The van der Waals surface area contributed by atoms with Crippen molar-refractivity contribution in [2.45, 2.75) is 32.7 Å². The number of rotatable bonds is 2. The van der Waals surface area contributed by atoms with Crippen molar-refractivity contribution in [1.29, 1.82) is 0 Å². The lowest BCUT2D eigenvalue weighted by Crippen LogP contribution is -2.47. The van der Waals surface area contributed by atoms with E-state index < -0.39 is 0 Å². The Morgan fingerprint density at radius 1 is 1.30 bits per heavy atom. The molecule has 0 aromatic rings. The van der Waals surface area contributed by atoms with Crippen molar-refractivity contribution in [1.82, 2.24) is 10.2 Å². The first-order valence-electron chi connectivity index (χ1n) is 7.86. The molecule has 3 aliphatic rings. The van der Waals surface area contributed by atoms with Gasteiger partial charge < -0.3 is 14.8 Å². The highest BCUT2D eigenvalue weighted by Gasteiger charge is 2.22. The van der Waals surface area contributed by atoms with Crippen LogP contribution in [0.1, 0.15) is 26.7 Å². The minimum Gasteiger partial charge on any atom is -0.466 e.